The molecule has 1 saturated heterocycles. The number of likely N-dealkylation sites (N-methyl/N-ethyl adjacent to an activating group) is 1. The number of hydrogen-bond acceptors (Lipinski definition) is 5. The van der Waals surface area contributed by atoms with Crippen molar-refractivity contribution in [3.63, 3.8) is 0 Å². The van der Waals surface area contributed by atoms with E-state index < -0.39 is 0 Å². The number of rotatable bonds is 4. The molecule has 1 aliphatic heterocycles. The minimum Gasteiger partial charge on any atom is -0.368 e. The number of ether oxygens (including phenoxy) is 1. The summed E-state index contributed by atoms with van der Waals surface area (Å²) >= 11 is 1.68. The number of morpholine rings is 1. The van der Waals surface area contributed by atoms with Gasteiger partial charge in [0.05, 0.1) is 12.3 Å². The Morgan fingerprint density at radius 3 is 3.00 bits per heavy atom. The Kier molecular flexibility index (Phi) is 4.65. The van der Waals surface area contributed by atoms with Gasteiger partial charge in [0.25, 0.3) is 0 Å². The van der Waals surface area contributed by atoms with Crippen molar-refractivity contribution in [1.82, 2.24) is 9.88 Å². The van der Waals surface area contributed by atoms with Crippen molar-refractivity contribution in [2.75, 3.05) is 26.7 Å². The molecule has 1 aliphatic rings. The molecule has 2 aromatic rings. The van der Waals surface area contributed by atoms with Crippen molar-refractivity contribution < 1.29 is 4.74 Å². The van der Waals surface area contributed by atoms with Crippen molar-refractivity contribution in [3.05, 3.63) is 52.0 Å². The van der Waals surface area contributed by atoms with E-state index in [9.17, 15) is 0 Å². The van der Waals surface area contributed by atoms with Gasteiger partial charge in [0.2, 0.25) is 0 Å². The second-order valence-electron chi connectivity index (χ2n) is 5.52. The maximum atomic E-state index is 6.26. The molecule has 1 aromatic carbocycles. The molecule has 0 spiro atoms. The Hall–Kier alpha value is -1.27. The van der Waals surface area contributed by atoms with Crippen LogP contribution in [0.5, 0.6) is 0 Å². The highest BCUT2D eigenvalue weighted by atomic mass is 32.1. The van der Waals surface area contributed by atoms with Crippen LogP contribution in [0.4, 0.5) is 0 Å². The fraction of sp³-hybridized carbons (Fsp3) is 0.438. The number of benzene rings is 1. The molecular formula is C16H21N3OS. The third-order valence-electron chi connectivity index (χ3n) is 3.77. The zero-order chi connectivity index (χ0) is 14.7. The van der Waals surface area contributed by atoms with Gasteiger partial charge in [-0.2, -0.15) is 0 Å². The van der Waals surface area contributed by atoms with Gasteiger partial charge in [0.1, 0.15) is 11.1 Å². The molecule has 0 amide bonds. The molecule has 2 unspecified atom stereocenters. The molecule has 1 fully saturated rings. The first kappa shape index (κ1) is 14.7. The van der Waals surface area contributed by atoms with Gasteiger partial charge in [0, 0.05) is 30.9 Å². The van der Waals surface area contributed by atoms with Crippen LogP contribution in [-0.2, 0) is 11.2 Å². The third-order valence-corrected chi connectivity index (χ3v) is 4.76. The number of hydrogen-bond donors (Lipinski definition) is 1. The van der Waals surface area contributed by atoms with Gasteiger partial charge in [-0.1, -0.05) is 30.3 Å². The molecule has 3 rings (SSSR count). The smallest absolute Gasteiger partial charge is 0.123 e. The second kappa shape index (κ2) is 6.66. The van der Waals surface area contributed by atoms with E-state index in [1.54, 1.807) is 11.3 Å². The molecule has 0 saturated carbocycles. The Bertz CT molecular complexity index is 572. The van der Waals surface area contributed by atoms with E-state index in [0.29, 0.717) is 0 Å². The lowest BCUT2D eigenvalue weighted by atomic mass is 10.0. The summed E-state index contributed by atoms with van der Waals surface area (Å²) in [6, 6.07) is 10.2. The molecule has 2 atom stereocenters. The molecular weight excluding hydrogens is 282 g/mol. The summed E-state index contributed by atoms with van der Waals surface area (Å²) in [5, 5.41) is 3.17. The zero-order valence-corrected chi connectivity index (χ0v) is 13.1. The molecule has 2 N–H and O–H groups in total. The predicted molar refractivity (Wildman–Crippen MR) is 85.4 cm³/mol. The summed E-state index contributed by atoms with van der Waals surface area (Å²) in [6.45, 7) is 2.69. The number of aromatic nitrogens is 1. The molecule has 112 valence electrons. The molecule has 2 heterocycles. The van der Waals surface area contributed by atoms with Crippen molar-refractivity contribution in [2.24, 2.45) is 5.73 Å². The highest BCUT2D eigenvalue weighted by molar-refractivity contribution is 7.09. The van der Waals surface area contributed by atoms with Crippen LogP contribution in [-0.4, -0.2) is 36.6 Å². The summed E-state index contributed by atoms with van der Waals surface area (Å²) in [4.78, 5) is 7.00. The lowest BCUT2D eigenvalue weighted by Gasteiger charge is -2.28. The Balaban J connectivity index is 1.65. The van der Waals surface area contributed by atoms with Gasteiger partial charge in [-0.25, -0.2) is 4.98 Å². The second-order valence-corrected chi connectivity index (χ2v) is 6.41. The largest absolute Gasteiger partial charge is 0.368 e. The van der Waals surface area contributed by atoms with Gasteiger partial charge in [-0.3, -0.25) is 0 Å². The maximum Gasteiger partial charge on any atom is 0.123 e. The van der Waals surface area contributed by atoms with E-state index in [1.807, 2.05) is 18.2 Å². The minimum atomic E-state index is -0.00361. The summed E-state index contributed by atoms with van der Waals surface area (Å²) < 4.78 is 5.81. The molecule has 21 heavy (non-hydrogen) atoms. The molecule has 4 nitrogen and oxygen atoms in total. The summed E-state index contributed by atoms with van der Waals surface area (Å²) in [7, 11) is 2.12. The Morgan fingerprint density at radius 2 is 2.24 bits per heavy atom. The quantitative estimate of drug-likeness (QED) is 0.942. The summed E-state index contributed by atoms with van der Waals surface area (Å²) in [5.41, 5.74) is 8.47. The third kappa shape index (κ3) is 3.68. The van der Waals surface area contributed by atoms with E-state index in [2.05, 4.69) is 29.5 Å². The summed E-state index contributed by atoms with van der Waals surface area (Å²) in [5.74, 6) is 0. The van der Waals surface area contributed by atoms with Crippen LogP contribution in [0.2, 0.25) is 0 Å². The first-order valence-corrected chi connectivity index (χ1v) is 8.15. The Morgan fingerprint density at radius 1 is 1.43 bits per heavy atom. The van der Waals surface area contributed by atoms with Crippen LogP contribution in [0, 0.1) is 0 Å². The van der Waals surface area contributed by atoms with E-state index in [-0.39, 0.29) is 12.1 Å². The van der Waals surface area contributed by atoms with Crippen LogP contribution in [0.15, 0.2) is 35.7 Å². The van der Waals surface area contributed by atoms with Crippen LogP contribution in [0.25, 0.3) is 0 Å². The lowest BCUT2D eigenvalue weighted by Crippen LogP contribution is -2.35. The fourth-order valence-corrected chi connectivity index (χ4v) is 3.40. The van der Waals surface area contributed by atoms with E-state index in [0.717, 1.165) is 42.4 Å². The van der Waals surface area contributed by atoms with Crippen LogP contribution in [0.1, 0.15) is 28.4 Å². The number of nitrogens with two attached hydrogens (primary N) is 1. The first-order valence-electron chi connectivity index (χ1n) is 7.27. The van der Waals surface area contributed by atoms with Crippen LogP contribution < -0.4 is 5.73 Å². The lowest BCUT2D eigenvalue weighted by molar-refractivity contribution is -0.0210. The average molecular weight is 303 g/mol. The highest BCUT2D eigenvalue weighted by Gasteiger charge is 2.22. The van der Waals surface area contributed by atoms with Gasteiger partial charge < -0.3 is 15.4 Å². The maximum absolute atomic E-state index is 6.26. The van der Waals surface area contributed by atoms with Crippen molar-refractivity contribution in [3.8, 4) is 0 Å². The van der Waals surface area contributed by atoms with E-state index in [1.165, 1.54) is 0 Å². The molecule has 1 aromatic heterocycles. The van der Waals surface area contributed by atoms with Crippen molar-refractivity contribution in [1.29, 1.82) is 0 Å². The number of nitrogens with zero attached hydrogens (tertiary/aromatic N) is 2. The molecule has 5 heteroatoms. The average Bonchev–Trinajstić information content (AvgIpc) is 2.97. The Labute approximate surface area is 129 Å². The molecule has 0 radical (unpaired) electrons. The van der Waals surface area contributed by atoms with Gasteiger partial charge >= 0.3 is 0 Å². The summed E-state index contributed by atoms with van der Waals surface area (Å²) in [6.07, 6.45) is 0.874. The van der Waals surface area contributed by atoms with Crippen LogP contribution in [0.3, 0.4) is 0 Å². The van der Waals surface area contributed by atoms with Gasteiger partial charge in [-0.05, 0) is 12.6 Å². The van der Waals surface area contributed by atoms with Crippen LogP contribution >= 0.6 is 11.3 Å². The predicted octanol–water partition coefficient (Wildman–Crippen LogP) is 2.39. The van der Waals surface area contributed by atoms with E-state index in [4.69, 9.17) is 15.5 Å². The first-order chi connectivity index (χ1) is 10.2. The van der Waals surface area contributed by atoms with Gasteiger partial charge in [0.15, 0.2) is 0 Å². The normalized spacial score (nSPS) is 21.3. The zero-order valence-electron chi connectivity index (χ0n) is 12.2. The monoisotopic (exact) mass is 303 g/mol. The van der Waals surface area contributed by atoms with Gasteiger partial charge in [-0.15, -0.1) is 11.3 Å². The highest BCUT2D eigenvalue weighted by Crippen LogP contribution is 2.26. The fourth-order valence-electron chi connectivity index (χ4n) is 2.53. The SMILES string of the molecule is CN1CCOC(c2nc(CC(N)c3ccccc3)cs2)C1. The minimum absolute atomic E-state index is 0.00361. The topological polar surface area (TPSA) is 51.4 Å². The van der Waals surface area contributed by atoms with Crippen molar-refractivity contribution in [2.45, 2.75) is 18.6 Å². The number of thiazole rings is 1. The van der Waals surface area contributed by atoms with Crippen molar-refractivity contribution >= 4 is 11.3 Å². The van der Waals surface area contributed by atoms with E-state index >= 15 is 0 Å². The standard InChI is InChI=1S/C16H21N3OS/c1-19-7-8-20-15(10-19)16-18-13(11-21-16)9-14(17)12-5-3-2-4-6-12/h2-6,11,14-15H,7-10,17H2,1H3. The molecule has 0 bridgehead atoms. The molecule has 0 aliphatic carbocycles.